The van der Waals surface area contributed by atoms with Crippen LogP contribution >= 0.6 is 0 Å². The normalized spacial score (nSPS) is 24.6. The summed E-state index contributed by atoms with van der Waals surface area (Å²) in [6, 6.07) is 11.8. The number of alkyl halides is 6. The minimum absolute atomic E-state index is 0.218. The van der Waals surface area contributed by atoms with Gasteiger partial charge >= 0.3 is 12.4 Å². The first-order valence-electron chi connectivity index (χ1n) is 15.6. The van der Waals surface area contributed by atoms with Gasteiger partial charge in [0.1, 0.15) is 23.6 Å². The molecular formula is C34H26F6N6O8S2. The van der Waals surface area contributed by atoms with E-state index in [4.69, 9.17) is 22.5 Å². The minimum Gasteiger partial charge on any atom is -0.384 e. The largest absolute Gasteiger partial charge is 0.416 e. The quantitative estimate of drug-likeness (QED) is 0.0625. The van der Waals surface area contributed by atoms with Gasteiger partial charge < -0.3 is 21.9 Å². The third-order valence-electron chi connectivity index (χ3n) is 9.87. The molecule has 4 aromatic rings. The lowest BCUT2D eigenvalue weighted by atomic mass is 9.72. The fraction of sp³-hybridized carbons (Fsp3) is 0.176. The van der Waals surface area contributed by atoms with E-state index in [2.05, 4.69) is 10.2 Å². The molecule has 4 unspecified atom stereocenters. The summed E-state index contributed by atoms with van der Waals surface area (Å²) in [7, 11) is -11.8. The van der Waals surface area contributed by atoms with Crippen molar-refractivity contribution in [1.29, 1.82) is 10.8 Å². The van der Waals surface area contributed by atoms with Crippen molar-refractivity contribution >= 4 is 43.1 Å². The molecule has 294 valence electrons. The number of benzene rings is 4. The Balaban J connectivity index is 1.68. The molecule has 14 nitrogen and oxygen atoms in total. The first-order valence-corrected chi connectivity index (χ1v) is 18.5. The third-order valence-corrected chi connectivity index (χ3v) is 12.8. The van der Waals surface area contributed by atoms with Crippen molar-refractivity contribution in [3.8, 4) is 11.1 Å². The van der Waals surface area contributed by atoms with Gasteiger partial charge in [-0.25, -0.2) is 0 Å². The zero-order valence-electron chi connectivity index (χ0n) is 27.8. The van der Waals surface area contributed by atoms with Gasteiger partial charge in [-0.3, -0.25) is 19.9 Å². The highest BCUT2D eigenvalue weighted by atomic mass is 32.2. The number of hydrazone groups is 2. The molecule has 0 heterocycles. The summed E-state index contributed by atoms with van der Waals surface area (Å²) >= 11 is 0. The van der Waals surface area contributed by atoms with E-state index in [0.717, 1.165) is 48.5 Å². The highest BCUT2D eigenvalue weighted by molar-refractivity contribution is 7.87. The zero-order valence-corrected chi connectivity index (χ0v) is 29.4. The van der Waals surface area contributed by atoms with Crippen LogP contribution in [0.2, 0.25) is 0 Å². The number of hydrogen-bond donors (Lipinski definition) is 8. The van der Waals surface area contributed by atoms with E-state index in [0.29, 0.717) is 12.1 Å². The first kappa shape index (κ1) is 40.2. The molecule has 56 heavy (non-hydrogen) atoms. The minimum atomic E-state index is -5.90. The molecule has 2 aliphatic carbocycles. The van der Waals surface area contributed by atoms with E-state index < -0.39 is 122 Å². The molecule has 0 spiro atoms. The predicted molar refractivity (Wildman–Crippen MR) is 188 cm³/mol. The summed E-state index contributed by atoms with van der Waals surface area (Å²) in [6.45, 7) is 0. The lowest BCUT2D eigenvalue weighted by Gasteiger charge is -2.42. The Labute approximate surface area is 312 Å². The van der Waals surface area contributed by atoms with Crippen molar-refractivity contribution in [1.82, 2.24) is 0 Å². The lowest BCUT2D eigenvalue weighted by molar-refractivity contribution is -0.139. The van der Waals surface area contributed by atoms with Gasteiger partial charge in [0.25, 0.3) is 20.2 Å². The maximum atomic E-state index is 15.1. The topological polar surface area (TPSA) is 274 Å². The molecule has 4 aromatic carbocycles. The van der Waals surface area contributed by atoms with E-state index in [9.17, 15) is 36.2 Å². The average molecular weight is 825 g/mol. The van der Waals surface area contributed by atoms with Crippen LogP contribution in [0.4, 0.5) is 26.3 Å². The average Bonchev–Trinajstić information content (AvgIpc) is 3.11. The van der Waals surface area contributed by atoms with E-state index in [-0.39, 0.29) is 23.3 Å². The molecule has 0 fully saturated rings. The second kappa shape index (κ2) is 13.0. The summed E-state index contributed by atoms with van der Waals surface area (Å²) in [4.78, 5) is 0. The van der Waals surface area contributed by atoms with Crippen LogP contribution in [0.15, 0.2) is 95.1 Å². The van der Waals surface area contributed by atoms with Crippen LogP contribution < -0.4 is 11.7 Å². The number of nitrogens with zero attached hydrogens (tertiary/aromatic N) is 2. The van der Waals surface area contributed by atoms with Crippen LogP contribution in [0.5, 0.6) is 0 Å². The summed E-state index contributed by atoms with van der Waals surface area (Å²) in [5, 5.41) is 45.9. The van der Waals surface area contributed by atoms with Gasteiger partial charge in [0.15, 0.2) is 9.49 Å². The van der Waals surface area contributed by atoms with Gasteiger partial charge in [0, 0.05) is 11.1 Å². The monoisotopic (exact) mass is 824 g/mol. The number of fused-ring (bicyclic) bond motifs is 2. The summed E-state index contributed by atoms with van der Waals surface area (Å²) < 4.78 is 158. The molecule has 0 saturated carbocycles. The Morgan fingerprint density at radius 1 is 0.571 bits per heavy atom. The molecule has 0 bridgehead atoms. The summed E-state index contributed by atoms with van der Waals surface area (Å²) in [6.07, 6.45) is -16.6. The number of nitrogens with one attached hydrogen (secondary N) is 2. The van der Waals surface area contributed by atoms with Gasteiger partial charge in [-0.05, 0) is 45.5 Å². The molecule has 6 rings (SSSR count). The van der Waals surface area contributed by atoms with Crippen molar-refractivity contribution < 1.29 is 62.5 Å². The van der Waals surface area contributed by atoms with Gasteiger partial charge in [-0.1, -0.05) is 72.8 Å². The SMILES string of the molecule is N=C1/C(=N\N)C(O)C(c2ccc(-c3ccc(C4(S(=O)(=O)O)c5ccccc5C(=N)/C(=N\N)C4O)c(C(F)(F)F)c3)cc2C(F)(F)F)(S(=O)(=O)O)c2ccccc21. The zero-order chi connectivity index (χ0) is 41.6. The van der Waals surface area contributed by atoms with Gasteiger partial charge in [0.2, 0.25) is 0 Å². The van der Waals surface area contributed by atoms with Crippen molar-refractivity contribution in [2.24, 2.45) is 21.9 Å². The summed E-state index contributed by atoms with van der Waals surface area (Å²) in [5.74, 6) is 10.6. The van der Waals surface area contributed by atoms with Gasteiger partial charge in [-0.2, -0.15) is 53.4 Å². The molecular weight excluding hydrogens is 799 g/mol. The predicted octanol–water partition coefficient (Wildman–Crippen LogP) is 3.77. The molecule has 10 N–H and O–H groups in total. The molecule has 0 amide bonds. The first-order chi connectivity index (χ1) is 25.9. The third kappa shape index (κ3) is 5.54. The van der Waals surface area contributed by atoms with Crippen LogP contribution in [0.25, 0.3) is 11.1 Å². The van der Waals surface area contributed by atoms with Crippen molar-refractivity contribution in [3.05, 3.63) is 129 Å². The second-order valence-electron chi connectivity index (χ2n) is 12.6. The van der Waals surface area contributed by atoms with Crippen LogP contribution in [0.1, 0.15) is 44.5 Å². The Bertz CT molecular complexity index is 2470. The number of hydrogen-bond acceptors (Lipinski definition) is 12. The molecule has 0 radical (unpaired) electrons. The van der Waals surface area contributed by atoms with Crippen molar-refractivity contribution in [3.63, 3.8) is 0 Å². The van der Waals surface area contributed by atoms with Crippen LogP contribution in [0.3, 0.4) is 0 Å². The van der Waals surface area contributed by atoms with Gasteiger partial charge in [0.05, 0.1) is 22.6 Å². The maximum Gasteiger partial charge on any atom is 0.416 e. The van der Waals surface area contributed by atoms with E-state index in [1.165, 1.54) is 12.1 Å². The maximum absolute atomic E-state index is 15.1. The molecule has 22 heteroatoms. The van der Waals surface area contributed by atoms with Crippen LogP contribution in [-0.2, 0) is 42.1 Å². The molecule has 0 aromatic heterocycles. The Kier molecular flexibility index (Phi) is 9.34. The van der Waals surface area contributed by atoms with E-state index >= 15 is 26.3 Å². The van der Waals surface area contributed by atoms with Crippen molar-refractivity contribution in [2.45, 2.75) is 34.1 Å². The van der Waals surface area contributed by atoms with Crippen molar-refractivity contribution in [2.75, 3.05) is 0 Å². The highest BCUT2D eigenvalue weighted by Gasteiger charge is 2.63. The number of aliphatic hydroxyl groups excluding tert-OH is 2. The second-order valence-corrected chi connectivity index (χ2v) is 15.8. The fourth-order valence-electron chi connectivity index (χ4n) is 7.54. The number of nitrogens with two attached hydrogens (primary N) is 2. The van der Waals surface area contributed by atoms with Crippen LogP contribution in [0, 0.1) is 10.8 Å². The van der Waals surface area contributed by atoms with E-state index in [1.807, 2.05) is 0 Å². The summed E-state index contributed by atoms with van der Waals surface area (Å²) in [5.41, 5.74) is -13.2. The van der Waals surface area contributed by atoms with Crippen LogP contribution in [-0.4, -0.2) is 71.2 Å². The number of halogens is 6. The van der Waals surface area contributed by atoms with E-state index in [1.54, 1.807) is 0 Å². The fourth-order valence-corrected chi connectivity index (χ4v) is 10.1. The number of aliphatic hydroxyl groups is 2. The highest BCUT2D eigenvalue weighted by Crippen LogP contribution is 2.53. The molecule has 2 aliphatic rings. The Morgan fingerprint density at radius 2 is 0.893 bits per heavy atom. The number of rotatable bonds is 5. The lowest BCUT2D eigenvalue weighted by Crippen LogP contribution is -2.57. The molecule has 0 saturated heterocycles. The smallest absolute Gasteiger partial charge is 0.384 e. The Hall–Kier alpha value is -5.52. The molecule has 0 aliphatic heterocycles. The van der Waals surface area contributed by atoms with Gasteiger partial charge in [-0.15, -0.1) is 0 Å². The molecule has 4 atom stereocenters. The standard InChI is InChI=1S/C34H26F6N6O8S2/c35-33(36,37)23-13-15(9-11-21(23)31(55(49,50)51)19-7-3-1-5-17(19)25(41)27(45-43)29(31)47)16-10-12-22(24(14-16)34(38,39)40)32(56(52,53)54)20-8-4-2-6-18(20)26(42)28(46-44)30(32)48/h1-14,29-30,41-42,47-48H,43-44H2,(H,49,50,51)(H,52,53,54)/b41-25?,42-26?,45-27+,46-28+. The Morgan fingerprint density at radius 3 is 1.18 bits per heavy atom.